The Bertz CT molecular complexity index is 298. The molecule has 0 heterocycles. The Morgan fingerprint density at radius 1 is 1.25 bits per heavy atom. The van der Waals surface area contributed by atoms with Crippen LogP contribution in [0, 0.1) is 5.92 Å². The molecule has 1 aliphatic rings. The lowest BCUT2D eigenvalue weighted by Crippen LogP contribution is -2.49. The van der Waals surface area contributed by atoms with Crippen LogP contribution < -0.4 is 5.32 Å². The van der Waals surface area contributed by atoms with Gasteiger partial charge in [0.25, 0.3) is 0 Å². The quantitative estimate of drug-likeness (QED) is 0.408. The smallest absolute Gasteiger partial charge is 0.409 e. The highest BCUT2D eigenvalue weighted by molar-refractivity contribution is 5.67. The third kappa shape index (κ3) is 6.04. The van der Waals surface area contributed by atoms with Crippen LogP contribution >= 0.6 is 0 Å². The zero-order chi connectivity index (χ0) is 15.2. The summed E-state index contributed by atoms with van der Waals surface area (Å²) in [6, 6.07) is 0. The van der Waals surface area contributed by atoms with Crippen LogP contribution in [-0.4, -0.2) is 34.4 Å². The molecule has 0 aromatic carbocycles. The molecule has 0 aromatic rings. The molecule has 0 spiro atoms. The standard InChI is InChI=1S/C13H25NO6/c1-13(2,3)18-12(16)14-11(19-20-17)10(15)9-7-5-4-6-8-9/h9-11,15,17H,4-8H2,1-3H3,(H,14,16)/t10-,11+/m1/s1. The normalized spacial score (nSPS) is 20.2. The fourth-order valence-corrected chi connectivity index (χ4v) is 2.36. The molecule has 7 nitrogen and oxygen atoms in total. The summed E-state index contributed by atoms with van der Waals surface area (Å²) in [7, 11) is 0. The maximum Gasteiger partial charge on any atom is 0.409 e. The van der Waals surface area contributed by atoms with Gasteiger partial charge in [-0.05, 0) is 39.5 Å². The Labute approximate surface area is 119 Å². The molecular formula is C13H25NO6. The molecule has 1 rings (SSSR count). The summed E-state index contributed by atoms with van der Waals surface area (Å²) < 4.78 is 5.07. The number of nitrogens with one attached hydrogen (secondary N) is 1. The summed E-state index contributed by atoms with van der Waals surface area (Å²) in [6.07, 6.45) is 2.03. The highest BCUT2D eigenvalue weighted by Gasteiger charge is 2.33. The molecule has 2 atom stereocenters. The average molecular weight is 291 g/mol. The van der Waals surface area contributed by atoms with E-state index in [4.69, 9.17) is 9.99 Å². The average Bonchev–Trinajstić information content (AvgIpc) is 2.36. The first-order valence-electron chi connectivity index (χ1n) is 6.98. The first-order valence-corrected chi connectivity index (χ1v) is 6.98. The number of carbonyl (C=O) groups excluding carboxylic acids is 1. The lowest BCUT2D eigenvalue weighted by atomic mass is 9.84. The van der Waals surface area contributed by atoms with Gasteiger partial charge in [0.15, 0.2) is 6.23 Å². The maximum atomic E-state index is 11.7. The van der Waals surface area contributed by atoms with Gasteiger partial charge in [-0.15, -0.1) is 0 Å². The summed E-state index contributed by atoms with van der Waals surface area (Å²) in [6.45, 7) is 5.17. The number of aliphatic hydroxyl groups excluding tert-OH is 1. The van der Waals surface area contributed by atoms with Gasteiger partial charge < -0.3 is 9.84 Å². The highest BCUT2D eigenvalue weighted by Crippen LogP contribution is 2.28. The number of hydrogen-bond donors (Lipinski definition) is 3. The van der Waals surface area contributed by atoms with Gasteiger partial charge in [-0.2, -0.15) is 4.89 Å². The number of carbonyl (C=O) groups is 1. The van der Waals surface area contributed by atoms with Crippen molar-refractivity contribution in [2.24, 2.45) is 5.92 Å². The minimum Gasteiger partial charge on any atom is -0.444 e. The monoisotopic (exact) mass is 291 g/mol. The zero-order valence-corrected chi connectivity index (χ0v) is 12.3. The Morgan fingerprint density at radius 2 is 1.85 bits per heavy atom. The van der Waals surface area contributed by atoms with Crippen molar-refractivity contribution < 1.29 is 29.8 Å². The highest BCUT2D eigenvalue weighted by atomic mass is 17.5. The van der Waals surface area contributed by atoms with Crippen molar-refractivity contribution in [3.63, 3.8) is 0 Å². The number of aliphatic hydroxyl groups is 1. The molecule has 1 aliphatic carbocycles. The van der Waals surface area contributed by atoms with E-state index in [1.54, 1.807) is 20.8 Å². The predicted molar refractivity (Wildman–Crippen MR) is 70.5 cm³/mol. The number of ether oxygens (including phenoxy) is 1. The van der Waals surface area contributed by atoms with Gasteiger partial charge in [0.1, 0.15) is 11.7 Å². The van der Waals surface area contributed by atoms with Gasteiger partial charge in [0, 0.05) is 0 Å². The molecule has 1 amide bonds. The Kier molecular flexibility index (Phi) is 6.67. The second kappa shape index (κ2) is 7.78. The fraction of sp³-hybridized carbons (Fsp3) is 0.923. The van der Waals surface area contributed by atoms with Gasteiger partial charge in [-0.25, -0.2) is 10.1 Å². The third-order valence-corrected chi connectivity index (χ3v) is 3.25. The van der Waals surface area contributed by atoms with Crippen LogP contribution in [0.4, 0.5) is 4.79 Å². The van der Waals surface area contributed by atoms with Crippen LogP contribution in [-0.2, 0) is 14.7 Å². The Hall–Kier alpha value is -0.890. The molecule has 7 heteroatoms. The van der Waals surface area contributed by atoms with Crippen molar-refractivity contribution in [2.75, 3.05) is 0 Å². The first kappa shape index (κ1) is 17.2. The van der Waals surface area contributed by atoms with Crippen LogP contribution in [0.3, 0.4) is 0 Å². The topological polar surface area (TPSA) is 97.3 Å². The Morgan fingerprint density at radius 3 is 2.35 bits per heavy atom. The van der Waals surface area contributed by atoms with Gasteiger partial charge in [-0.3, -0.25) is 5.32 Å². The lowest BCUT2D eigenvalue weighted by molar-refractivity contribution is -0.514. The van der Waals surface area contributed by atoms with Crippen molar-refractivity contribution in [3.05, 3.63) is 0 Å². The van der Waals surface area contributed by atoms with E-state index in [0.29, 0.717) is 0 Å². The molecule has 1 saturated carbocycles. The van der Waals surface area contributed by atoms with E-state index >= 15 is 0 Å². The van der Waals surface area contributed by atoms with Gasteiger partial charge in [-0.1, -0.05) is 24.3 Å². The second-order valence-corrected chi connectivity index (χ2v) is 6.13. The number of alkyl carbamates (subject to hydrolysis) is 1. The Balaban J connectivity index is 2.55. The molecule has 0 saturated heterocycles. The summed E-state index contributed by atoms with van der Waals surface area (Å²) >= 11 is 0. The van der Waals surface area contributed by atoms with Crippen LogP contribution in [0.15, 0.2) is 0 Å². The molecule has 0 unspecified atom stereocenters. The SMILES string of the molecule is CC(C)(C)OC(=O)N[C@@H](OOO)[C@H](O)C1CCCCC1. The minimum atomic E-state index is -1.17. The van der Waals surface area contributed by atoms with Crippen LogP contribution in [0.25, 0.3) is 0 Å². The molecule has 20 heavy (non-hydrogen) atoms. The van der Waals surface area contributed by atoms with Gasteiger partial charge in [0.05, 0.1) is 0 Å². The summed E-state index contributed by atoms with van der Waals surface area (Å²) in [4.78, 5) is 16.2. The largest absolute Gasteiger partial charge is 0.444 e. The van der Waals surface area contributed by atoms with Crippen LogP contribution in [0.1, 0.15) is 52.9 Å². The second-order valence-electron chi connectivity index (χ2n) is 6.13. The van der Waals surface area contributed by atoms with E-state index in [9.17, 15) is 9.90 Å². The van der Waals surface area contributed by atoms with E-state index in [2.05, 4.69) is 15.2 Å². The molecule has 0 bridgehead atoms. The van der Waals surface area contributed by atoms with Crippen molar-refractivity contribution in [1.29, 1.82) is 0 Å². The van der Waals surface area contributed by atoms with Crippen molar-refractivity contribution in [2.45, 2.75) is 70.8 Å². The molecule has 1 fully saturated rings. The van der Waals surface area contributed by atoms with E-state index in [1.165, 1.54) is 0 Å². The lowest BCUT2D eigenvalue weighted by Gasteiger charge is -2.31. The van der Waals surface area contributed by atoms with E-state index in [-0.39, 0.29) is 5.92 Å². The van der Waals surface area contributed by atoms with E-state index in [1.807, 2.05) is 0 Å². The number of rotatable bonds is 5. The van der Waals surface area contributed by atoms with Crippen molar-refractivity contribution in [3.8, 4) is 0 Å². The van der Waals surface area contributed by atoms with Crippen LogP contribution in [0.2, 0.25) is 0 Å². The number of hydrogen-bond acceptors (Lipinski definition) is 6. The van der Waals surface area contributed by atoms with E-state index in [0.717, 1.165) is 32.1 Å². The molecule has 0 radical (unpaired) electrons. The molecule has 118 valence electrons. The minimum absolute atomic E-state index is 0.00108. The molecule has 0 aliphatic heterocycles. The molecule has 3 N–H and O–H groups in total. The number of amides is 1. The van der Waals surface area contributed by atoms with Gasteiger partial charge in [0.2, 0.25) is 0 Å². The summed E-state index contributed by atoms with van der Waals surface area (Å²) in [5, 5.41) is 24.6. The van der Waals surface area contributed by atoms with Crippen molar-refractivity contribution >= 4 is 6.09 Å². The van der Waals surface area contributed by atoms with Crippen molar-refractivity contribution in [1.82, 2.24) is 5.32 Å². The summed E-state index contributed by atoms with van der Waals surface area (Å²) in [5.41, 5.74) is -0.662. The van der Waals surface area contributed by atoms with E-state index < -0.39 is 24.0 Å². The van der Waals surface area contributed by atoms with Gasteiger partial charge >= 0.3 is 6.09 Å². The predicted octanol–water partition coefficient (Wildman–Crippen LogP) is 2.20. The fourth-order valence-electron chi connectivity index (χ4n) is 2.36. The molecular weight excluding hydrogens is 266 g/mol. The third-order valence-electron chi connectivity index (χ3n) is 3.25. The van der Waals surface area contributed by atoms with Crippen LogP contribution in [0.5, 0.6) is 0 Å². The zero-order valence-electron chi connectivity index (χ0n) is 12.3. The summed E-state index contributed by atoms with van der Waals surface area (Å²) in [5.74, 6) is -0.00108. The molecule has 0 aromatic heterocycles. The first-order chi connectivity index (χ1) is 9.33. The maximum absolute atomic E-state index is 11.7.